The number of aryl methyl sites for hydroxylation is 1. The second-order valence-electron chi connectivity index (χ2n) is 4.84. The van der Waals surface area contributed by atoms with Crippen LogP contribution in [0.3, 0.4) is 0 Å². The summed E-state index contributed by atoms with van der Waals surface area (Å²) in [6.45, 7) is 3.23. The lowest BCUT2D eigenvalue weighted by atomic mass is 10.0. The first kappa shape index (κ1) is 14.6. The summed E-state index contributed by atoms with van der Waals surface area (Å²) in [6.07, 6.45) is 1.29. The van der Waals surface area contributed by atoms with Crippen molar-refractivity contribution in [3.05, 3.63) is 35.0 Å². The van der Waals surface area contributed by atoms with Crippen LogP contribution < -0.4 is 5.73 Å². The van der Waals surface area contributed by atoms with E-state index in [1.165, 1.54) is 0 Å². The molecule has 0 saturated heterocycles. The molecule has 5 nitrogen and oxygen atoms in total. The molecule has 5 heteroatoms. The predicted octanol–water partition coefficient (Wildman–Crippen LogP) is 1.53. The number of aromatic carboxylic acids is 1. The first-order chi connectivity index (χ1) is 9.61. The highest BCUT2D eigenvalue weighted by molar-refractivity contribution is 6.05. The van der Waals surface area contributed by atoms with Gasteiger partial charge in [-0.3, -0.25) is 0 Å². The van der Waals surface area contributed by atoms with Crippen LogP contribution >= 0.6 is 0 Å². The molecule has 0 aliphatic heterocycles. The average molecular weight is 276 g/mol. The van der Waals surface area contributed by atoms with E-state index in [4.69, 9.17) is 10.8 Å². The Bertz CT molecular complexity index is 632. The minimum Gasteiger partial charge on any atom is -0.478 e. The molecule has 1 aromatic heterocycles. The molecule has 1 aromatic carbocycles. The van der Waals surface area contributed by atoms with E-state index in [2.05, 4.69) is 4.57 Å². The number of nitrogens with two attached hydrogens (primary N) is 1. The summed E-state index contributed by atoms with van der Waals surface area (Å²) in [4.78, 5) is 11.4. The topological polar surface area (TPSA) is 88.5 Å². The minimum absolute atomic E-state index is 0.0955. The second kappa shape index (κ2) is 6.07. The number of aromatic nitrogens is 1. The molecular formula is C15H20N2O3. The van der Waals surface area contributed by atoms with Crippen LogP contribution in [0.5, 0.6) is 0 Å². The SMILES string of the molecule is Cc1c(CCCO)c2c(C(=O)O)cccc2n1CCN. The molecule has 2 aromatic rings. The molecule has 0 aliphatic rings. The van der Waals surface area contributed by atoms with Crippen molar-refractivity contribution in [2.75, 3.05) is 13.2 Å². The Kier molecular flexibility index (Phi) is 4.42. The van der Waals surface area contributed by atoms with Gasteiger partial charge in [0.2, 0.25) is 0 Å². The van der Waals surface area contributed by atoms with Gasteiger partial charge >= 0.3 is 5.97 Å². The molecule has 108 valence electrons. The number of benzene rings is 1. The van der Waals surface area contributed by atoms with Crippen LogP contribution in [0.2, 0.25) is 0 Å². The lowest BCUT2D eigenvalue weighted by Crippen LogP contribution is -2.11. The quantitative estimate of drug-likeness (QED) is 0.746. The van der Waals surface area contributed by atoms with Gasteiger partial charge in [-0.2, -0.15) is 0 Å². The number of hydrogen-bond donors (Lipinski definition) is 3. The first-order valence-electron chi connectivity index (χ1n) is 6.76. The van der Waals surface area contributed by atoms with Crippen molar-refractivity contribution in [2.24, 2.45) is 5.73 Å². The van der Waals surface area contributed by atoms with Crippen LogP contribution in [0.15, 0.2) is 18.2 Å². The summed E-state index contributed by atoms with van der Waals surface area (Å²) in [5, 5.41) is 19.2. The molecule has 4 N–H and O–H groups in total. The standard InChI is InChI=1S/C15H20N2O3/c1-10-11(5-3-9-18)14-12(15(19)20)4-2-6-13(14)17(10)8-7-16/h2,4,6,18H,3,5,7-9,16H2,1H3,(H,19,20). The van der Waals surface area contributed by atoms with E-state index < -0.39 is 5.97 Å². The molecule has 0 bridgehead atoms. The summed E-state index contributed by atoms with van der Waals surface area (Å²) in [5.74, 6) is -0.925. The van der Waals surface area contributed by atoms with Crippen LogP contribution in [0.4, 0.5) is 0 Å². The maximum atomic E-state index is 11.4. The molecule has 0 atom stereocenters. The number of carbonyl (C=O) groups is 1. The zero-order valence-corrected chi connectivity index (χ0v) is 11.6. The molecule has 1 heterocycles. The molecule has 2 rings (SSSR count). The molecule has 0 unspecified atom stereocenters. The number of fused-ring (bicyclic) bond motifs is 1. The van der Waals surface area contributed by atoms with Gasteiger partial charge < -0.3 is 20.5 Å². The van der Waals surface area contributed by atoms with Crippen molar-refractivity contribution in [1.29, 1.82) is 0 Å². The number of aliphatic hydroxyl groups is 1. The normalized spacial score (nSPS) is 11.2. The van der Waals surface area contributed by atoms with E-state index in [0.717, 1.165) is 22.2 Å². The van der Waals surface area contributed by atoms with Crippen LogP contribution in [0.25, 0.3) is 10.9 Å². The van der Waals surface area contributed by atoms with Crippen LogP contribution in [-0.2, 0) is 13.0 Å². The van der Waals surface area contributed by atoms with Crippen molar-refractivity contribution in [3.8, 4) is 0 Å². The van der Waals surface area contributed by atoms with E-state index in [0.29, 0.717) is 31.5 Å². The lowest BCUT2D eigenvalue weighted by Gasteiger charge is -2.06. The highest BCUT2D eigenvalue weighted by atomic mass is 16.4. The maximum Gasteiger partial charge on any atom is 0.336 e. The van der Waals surface area contributed by atoms with Crippen molar-refractivity contribution in [2.45, 2.75) is 26.3 Å². The van der Waals surface area contributed by atoms with Gasteiger partial charge in [-0.1, -0.05) is 6.07 Å². The largest absolute Gasteiger partial charge is 0.478 e. The van der Waals surface area contributed by atoms with Gasteiger partial charge in [0.1, 0.15) is 0 Å². The zero-order valence-electron chi connectivity index (χ0n) is 11.6. The Morgan fingerprint density at radius 1 is 1.40 bits per heavy atom. The number of hydrogen-bond acceptors (Lipinski definition) is 3. The Morgan fingerprint density at radius 2 is 2.15 bits per heavy atom. The number of carboxylic acid groups (broad SMARTS) is 1. The van der Waals surface area contributed by atoms with Gasteiger partial charge in [0.25, 0.3) is 0 Å². The Balaban J connectivity index is 2.73. The molecule has 0 aliphatic carbocycles. The number of nitrogens with zero attached hydrogens (tertiary/aromatic N) is 1. The highest BCUT2D eigenvalue weighted by Gasteiger charge is 2.19. The molecule has 0 radical (unpaired) electrons. The van der Waals surface area contributed by atoms with E-state index in [9.17, 15) is 9.90 Å². The molecule has 0 saturated carbocycles. The molecule has 0 fully saturated rings. The van der Waals surface area contributed by atoms with Gasteiger partial charge in [0, 0.05) is 36.3 Å². The fourth-order valence-corrected chi connectivity index (χ4v) is 2.76. The van der Waals surface area contributed by atoms with E-state index >= 15 is 0 Å². The Labute approximate surface area is 117 Å². The fraction of sp³-hybridized carbons (Fsp3) is 0.400. The van der Waals surface area contributed by atoms with Gasteiger partial charge in [-0.15, -0.1) is 0 Å². The van der Waals surface area contributed by atoms with E-state index in [-0.39, 0.29) is 6.61 Å². The van der Waals surface area contributed by atoms with Gasteiger partial charge in [0.05, 0.1) is 5.56 Å². The molecule has 0 spiro atoms. The van der Waals surface area contributed by atoms with E-state index in [1.54, 1.807) is 12.1 Å². The molecular weight excluding hydrogens is 256 g/mol. The van der Waals surface area contributed by atoms with Gasteiger partial charge in [-0.25, -0.2) is 4.79 Å². The number of rotatable bonds is 6. The predicted molar refractivity (Wildman–Crippen MR) is 78.1 cm³/mol. The summed E-state index contributed by atoms with van der Waals surface area (Å²) in [5.41, 5.74) is 8.90. The monoisotopic (exact) mass is 276 g/mol. The highest BCUT2D eigenvalue weighted by Crippen LogP contribution is 2.30. The van der Waals surface area contributed by atoms with Crippen molar-refractivity contribution in [3.63, 3.8) is 0 Å². The van der Waals surface area contributed by atoms with Crippen molar-refractivity contribution >= 4 is 16.9 Å². The first-order valence-corrected chi connectivity index (χ1v) is 6.76. The summed E-state index contributed by atoms with van der Waals surface area (Å²) < 4.78 is 2.06. The van der Waals surface area contributed by atoms with Crippen LogP contribution in [0.1, 0.15) is 28.0 Å². The summed E-state index contributed by atoms with van der Waals surface area (Å²) >= 11 is 0. The maximum absolute atomic E-state index is 11.4. The molecule has 20 heavy (non-hydrogen) atoms. The van der Waals surface area contributed by atoms with Crippen molar-refractivity contribution in [1.82, 2.24) is 4.57 Å². The summed E-state index contributed by atoms with van der Waals surface area (Å²) in [7, 11) is 0. The third-order valence-electron chi connectivity index (χ3n) is 3.64. The van der Waals surface area contributed by atoms with Gasteiger partial charge in [0.15, 0.2) is 0 Å². The third-order valence-corrected chi connectivity index (χ3v) is 3.64. The Morgan fingerprint density at radius 3 is 2.75 bits per heavy atom. The second-order valence-corrected chi connectivity index (χ2v) is 4.84. The Hall–Kier alpha value is -1.85. The summed E-state index contributed by atoms with van der Waals surface area (Å²) in [6, 6.07) is 5.31. The van der Waals surface area contributed by atoms with Crippen LogP contribution in [-0.4, -0.2) is 33.9 Å². The average Bonchev–Trinajstić information content (AvgIpc) is 2.70. The number of carboxylic acids is 1. The number of aliphatic hydroxyl groups excluding tert-OH is 1. The third kappa shape index (κ3) is 2.42. The minimum atomic E-state index is -0.925. The molecule has 0 amide bonds. The smallest absolute Gasteiger partial charge is 0.336 e. The van der Waals surface area contributed by atoms with E-state index in [1.807, 2.05) is 13.0 Å². The fourth-order valence-electron chi connectivity index (χ4n) is 2.76. The van der Waals surface area contributed by atoms with Crippen molar-refractivity contribution < 1.29 is 15.0 Å². The zero-order chi connectivity index (χ0) is 14.7. The van der Waals surface area contributed by atoms with Gasteiger partial charge in [-0.05, 0) is 37.5 Å². The lowest BCUT2D eigenvalue weighted by molar-refractivity contribution is 0.0699. The van der Waals surface area contributed by atoms with Crippen LogP contribution in [0, 0.1) is 6.92 Å².